The van der Waals surface area contributed by atoms with Crippen LogP contribution in [0.5, 0.6) is 11.5 Å². The lowest BCUT2D eigenvalue weighted by atomic mass is 10.1. The minimum atomic E-state index is -0.242. The van der Waals surface area contributed by atoms with Crippen LogP contribution in [0, 0.1) is 0 Å². The van der Waals surface area contributed by atoms with Crippen molar-refractivity contribution in [1.29, 1.82) is 0 Å². The summed E-state index contributed by atoms with van der Waals surface area (Å²) in [5, 5.41) is 7.13. The van der Waals surface area contributed by atoms with E-state index in [9.17, 15) is 4.79 Å². The highest BCUT2D eigenvalue weighted by molar-refractivity contribution is 6.06. The Hall–Kier alpha value is -2.54. The molecule has 0 aliphatic carbocycles. The monoisotopic (exact) mass is 329 g/mol. The molecule has 2 aromatic rings. The number of fused-ring (bicyclic) bond motifs is 1. The lowest BCUT2D eigenvalue weighted by Gasteiger charge is -2.20. The van der Waals surface area contributed by atoms with Gasteiger partial charge in [-0.15, -0.1) is 0 Å². The van der Waals surface area contributed by atoms with Gasteiger partial charge in [0.1, 0.15) is 13.2 Å². The van der Waals surface area contributed by atoms with Crippen LogP contribution in [0.1, 0.15) is 23.2 Å². The van der Waals surface area contributed by atoms with Crippen LogP contribution in [0.4, 0.5) is 5.69 Å². The number of aromatic nitrogens is 2. The van der Waals surface area contributed by atoms with Gasteiger partial charge in [-0.25, -0.2) is 0 Å². The summed E-state index contributed by atoms with van der Waals surface area (Å²) in [5.74, 6) is 0.852. The molecule has 126 valence electrons. The van der Waals surface area contributed by atoms with Crippen molar-refractivity contribution in [2.75, 3.05) is 25.1 Å². The fourth-order valence-corrected chi connectivity index (χ4v) is 2.98. The van der Waals surface area contributed by atoms with Gasteiger partial charge in [-0.3, -0.25) is 9.48 Å². The first-order valence-corrected chi connectivity index (χ1v) is 8.13. The maximum Gasteiger partial charge on any atom is 0.259 e. The second-order valence-corrected chi connectivity index (χ2v) is 5.87. The Labute approximate surface area is 139 Å². The number of amides is 1. The Morgan fingerprint density at radius 3 is 3.08 bits per heavy atom. The number of hydrogen-bond donors (Lipinski definition) is 1. The van der Waals surface area contributed by atoms with Crippen molar-refractivity contribution >= 4 is 11.6 Å². The quantitative estimate of drug-likeness (QED) is 0.929. The second-order valence-electron chi connectivity index (χ2n) is 5.87. The van der Waals surface area contributed by atoms with Crippen molar-refractivity contribution in [3.8, 4) is 11.5 Å². The number of rotatable bonds is 4. The van der Waals surface area contributed by atoms with Crippen molar-refractivity contribution in [3.05, 3.63) is 36.2 Å². The van der Waals surface area contributed by atoms with Gasteiger partial charge in [-0.1, -0.05) is 6.07 Å². The molecule has 2 aliphatic rings. The van der Waals surface area contributed by atoms with Gasteiger partial charge in [-0.05, 0) is 25.0 Å². The fourth-order valence-electron chi connectivity index (χ4n) is 2.98. The molecule has 0 radical (unpaired) electrons. The first-order valence-electron chi connectivity index (χ1n) is 8.13. The number of nitrogens with one attached hydrogen (secondary N) is 1. The van der Waals surface area contributed by atoms with Gasteiger partial charge in [0.25, 0.3) is 5.91 Å². The predicted octanol–water partition coefficient (Wildman–Crippen LogP) is 2.09. The number of carbonyl (C=O) groups is 1. The third kappa shape index (κ3) is 3.07. The molecule has 3 heterocycles. The molecule has 1 aromatic heterocycles. The van der Waals surface area contributed by atoms with Gasteiger partial charge >= 0.3 is 0 Å². The van der Waals surface area contributed by atoms with E-state index in [1.807, 2.05) is 6.20 Å². The molecule has 1 saturated heterocycles. The Morgan fingerprint density at radius 2 is 2.21 bits per heavy atom. The topological polar surface area (TPSA) is 74.6 Å². The van der Waals surface area contributed by atoms with E-state index >= 15 is 0 Å². The summed E-state index contributed by atoms with van der Waals surface area (Å²) in [5.41, 5.74) is 1.10. The Bertz CT molecular complexity index is 737. The van der Waals surface area contributed by atoms with Gasteiger partial charge in [0.05, 0.1) is 30.1 Å². The molecule has 2 aliphatic heterocycles. The molecular formula is C17H19N3O4. The first-order chi connectivity index (χ1) is 11.8. The molecule has 1 atom stereocenters. The Balaban J connectivity index is 1.45. The van der Waals surface area contributed by atoms with Crippen molar-refractivity contribution in [2.45, 2.75) is 25.5 Å². The van der Waals surface area contributed by atoms with Crippen molar-refractivity contribution in [1.82, 2.24) is 9.78 Å². The van der Waals surface area contributed by atoms with E-state index in [0.29, 0.717) is 42.5 Å². The van der Waals surface area contributed by atoms with Gasteiger partial charge in [-0.2, -0.15) is 5.10 Å². The average Bonchev–Trinajstić information content (AvgIpc) is 3.27. The molecule has 1 unspecified atom stereocenters. The van der Waals surface area contributed by atoms with E-state index in [4.69, 9.17) is 14.2 Å². The van der Waals surface area contributed by atoms with Crippen molar-refractivity contribution < 1.29 is 19.0 Å². The Morgan fingerprint density at radius 1 is 1.29 bits per heavy atom. The molecule has 0 spiro atoms. The molecule has 1 amide bonds. The van der Waals surface area contributed by atoms with E-state index in [1.165, 1.54) is 0 Å². The van der Waals surface area contributed by atoms with E-state index in [2.05, 4.69) is 10.4 Å². The highest BCUT2D eigenvalue weighted by atomic mass is 16.6. The third-order valence-corrected chi connectivity index (χ3v) is 4.12. The molecule has 24 heavy (non-hydrogen) atoms. The zero-order valence-electron chi connectivity index (χ0n) is 13.2. The van der Waals surface area contributed by atoms with E-state index in [0.717, 1.165) is 19.4 Å². The largest absolute Gasteiger partial charge is 0.486 e. The number of anilines is 1. The van der Waals surface area contributed by atoms with Crippen LogP contribution in [-0.2, 0) is 11.3 Å². The highest BCUT2D eigenvalue weighted by Crippen LogP contribution is 2.33. The number of ether oxygens (including phenoxy) is 3. The third-order valence-electron chi connectivity index (χ3n) is 4.12. The van der Waals surface area contributed by atoms with E-state index in [-0.39, 0.29) is 12.0 Å². The summed E-state index contributed by atoms with van der Waals surface area (Å²) in [7, 11) is 0. The van der Waals surface area contributed by atoms with Crippen LogP contribution in [0.25, 0.3) is 0 Å². The second kappa shape index (κ2) is 6.52. The molecule has 7 nitrogen and oxygen atoms in total. The molecule has 1 fully saturated rings. The van der Waals surface area contributed by atoms with Crippen LogP contribution in [0.3, 0.4) is 0 Å². The molecule has 0 bridgehead atoms. The Kier molecular flexibility index (Phi) is 4.08. The minimum absolute atomic E-state index is 0.208. The predicted molar refractivity (Wildman–Crippen MR) is 86.6 cm³/mol. The summed E-state index contributed by atoms with van der Waals surface area (Å²) >= 11 is 0. The fraction of sp³-hybridized carbons (Fsp3) is 0.412. The average molecular weight is 329 g/mol. The zero-order valence-corrected chi connectivity index (χ0v) is 13.2. The molecule has 4 rings (SSSR count). The minimum Gasteiger partial charge on any atom is -0.486 e. The number of para-hydroxylation sites is 1. The summed E-state index contributed by atoms with van der Waals surface area (Å²) < 4.78 is 18.5. The number of benzene rings is 1. The maximum absolute atomic E-state index is 12.5. The van der Waals surface area contributed by atoms with Crippen LogP contribution in [0.2, 0.25) is 0 Å². The highest BCUT2D eigenvalue weighted by Gasteiger charge is 2.21. The molecular weight excluding hydrogens is 310 g/mol. The van der Waals surface area contributed by atoms with Crippen molar-refractivity contribution in [3.63, 3.8) is 0 Å². The summed E-state index contributed by atoms with van der Waals surface area (Å²) in [6.07, 6.45) is 5.80. The standard InChI is InChI=1S/C17H19N3O4/c21-17(14-4-1-5-15-16(14)24-8-7-23-15)19-12-9-18-20(10-12)11-13-3-2-6-22-13/h1,4-5,9-10,13H,2-3,6-8,11H2,(H,19,21). The van der Waals surface area contributed by atoms with E-state index in [1.54, 1.807) is 29.1 Å². The number of carbonyl (C=O) groups excluding carboxylic acids is 1. The molecule has 1 N–H and O–H groups in total. The number of nitrogens with zero attached hydrogens (tertiary/aromatic N) is 2. The molecule has 7 heteroatoms. The van der Waals surface area contributed by atoms with Gasteiger partial charge < -0.3 is 19.5 Å². The van der Waals surface area contributed by atoms with E-state index < -0.39 is 0 Å². The number of hydrogen-bond acceptors (Lipinski definition) is 5. The van der Waals surface area contributed by atoms with Gasteiger partial charge in [0.15, 0.2) is 11.5 Å². The smallest absolute Gasteiger partial charge is 0.259 e. The summed E-state index contributed by atoms with van der Waals surface area (Å²) in [6.45, 7) is 2.45. The SMILES string of the molecule is O=C(Nc1cnn(CC2CCCO2)c1)c1cccc2c1OCCO2. The van der Waals surface area contributed by atoms with Gasteiger partial charge in [0, 0.05) is 12.8 Å². The van der Waals surface area contributed by atoms with Crippen LogP contribution in [-0.4, -0.2) is 41.6 Å². The van der Waals surface area contributed by atoms with Crippen LogP contribution < -0.4 is 14.8 Å². The lowest BCUT2D eigenvalue weighted by molar-refractivity contribution is 0.0940. The van der Waals surface area contributed by atoms with Crippen LogP contribution in [0.15, 0.2) is 30.6 Å². The maximum atomic E-state index is 12.5. The van der Waals surface area contributed by atoms with Crippen molar-refractivity contribution in [2.24, 2.45) is 0 Å². The molecule has 0 saturated carbocycles. The first kappa shape index (κ1) is 15.0. The zero-order chi connectivity index (χ0) is 16.4. The van der Waals surface area contributed by atoms with Gasteiger partial charge in [0.2, 0.25) is 0 Å². The molecule has 1 aromatic carbocycles. The summed E-state index contributed by atoms with van der Waals surface area (Å²) in [4.78, 5) is 12.5. The summed E-state index contributed by atoms with van der Waals surface area (Å²) in [6, 6.07) is 5.30. The van der Waals surface area contributed by atoms with Crippen LogP contribution >= 0.6 is 0 Å². The normalized spacial score (nSPS) is 19.2. The lowest BCUT2D eigenvalue weighted by Crippen LogP contribution is -2.20.